The first-order valence-electron chi connectivity index (χ1n) is 21.2. The average molecular weight is 909 g/mol. The van der Waals surface area contributed by atoms with E-state index in [0.717, 1.165) is 0 Å². The number of nitrogens with one attached hydrogen (secondary N) is 8. The summed E-state index contributed by atoms with van der Waals surface area (Å²) in [5.41, 5.74) is 21.5. The van der Waals surface area contributed by atoms with Crippen LogP contribution in [-0.4, -0.2) is 119 Å². The van der Waals surface area contributed by atoms with Gasteiger partial charge in [-0.25, -0.2) is 0 Å². The molecule has 0 aromatic rings. The van der Waals surface area contributed by atoms with Crippen LogP contribution in [0.25, 0.3) is 0 Å². The van der Waals surface area contributed by atoms with Crippen LogP contribution < -0.4 is 65.5 Å². The zero-order chi connectivity index (χ0) is 49.2. The zero-order valence-electron chi connectivity index (χ0n) is 37.8. The third-order valence-corrected chi connectivity index (χ3v) is 10.2. The Labute approximate surface area is 372 Å². The van der Waals surface area contributed by atoms with E-state index in [4.69, 9.17) is 22.9 Å². The van der Waals surface area contributed by atoms with Crippen molar-refractivity contribution in [1.82, 2.24) is 42.5 Å². The molecule has 0 aromatic heterocycles. The number of carbonyl (C=O) groups is 12. The van der Waals surface area contributed by atoms with Gasteiger partial charge in [-0.2, -0.15) is 0 Å². The molecule has 1 aliphatic heterocycles. The maximum atomic E-state index is 13.9. The maximum Gasteiger partial charge on any atom is 0.243 e. The van der Waals surface area contributed by atoms with Gasteiger partial charge in [0.05, 0.1) is 0 Å². The van der Waals surface area contributed by atoms with Gasteiger partial charge in [0, 0.05) is 25.7 Å². The average Bonchev–Trinajstić information content (AvgIpc) is 3.18. The van der Waals surface area contributed by atoms with Gasteiger partial charge in [0.15, 0.2) is 0 Å². The van der Waals surface area contributed by atoms with E-state index >= 15 is 0 Å². The molecule has 0 aromatic carbocycles. The van der Waals surface area contributed by atoms with E-state index in [-0.39, 0.29) is 25.7 Å². The lowest BCUT2D eigenvalue weighted by atomic mass is 9.98. The highest BCUT2D eigenvalue weighted by atomic mass is 16.2. The molecule has 0 radical (unpaired) electrons. The Bertz CT molecular complexity index is 1510. The fourth-order valence-electron chi connectivity index (χ4n) is 6.42. The SMILES string of the molecule is CC(C)C1NC(=O)C(CCC(N)=O)NC(=O)C(C(C)C)NC(=O)C(CCC(N)=O)NC(=O)C(C(C)C)NC(=O)C(CCC(N)=O)NC(=O)C(C(C)C)NC(=O)C(CCC(N)=O)NC1=O. The van der Waals surface area contributed by atoms with Crippen molar-refractivity contribution in [3.05, 3.63) is 0 Å². The normalized spacial score (nSPS) is 25.2. The van der Waals surface area contributed by atoms with E-state index in [9.17, 15) is 57.5 Å². The molecule has 0 bridgehead atoms. The first-order valence-corrected chi connectivity index (χ1v) is 21.2. The number of carbonyl (C=O) groups excluding carboxylic acids is 12. The van der Waals surface area contributed by atoms with Crippen LogP contribution in [0.3, 0.4) is 0 Å². The molecule has 1 heterocycles. The zero-order valence-corrected chi connectivity index (χ0v) is 37.8. The van der Waals surface area contributed by atoms with Crippen molar-refractivity contribution >= 4 is 70.9 Å². The first-order chi connectivity index (χ1) is 29.7. The van der Waals surface area contributed by atoms with Crippen LogP contribution in [0.4, 0.5) is 0 Å². The summed E-state index contributed by atoms with van der Waals surface area (Å²) >= 11 is 0. The molecule has 16 N–H and O–H groups in total. The number of rotatable bonds is 16. The molecule has 24 heteroatoms. The predicted octanol–water partition coefficient (Wildman–Crippen LogP) is -4.44. The molecule has 360 valence electrons. The van der Waals surface area contributed by atoms with Crippen molar-refractivity contribution in [3.63, 3.8) is 0 Å². The second-order valence-electron chi connectivity index (χ2n) is 17.2. The van der Waals surface area contributed by atoms with Gasteiger partial charge in [0.25, 0.3) is 0 Å². The molecule has 24 nitrogen and oxygen atoms in total. The second-order valence-corrected chi connectivity index (χ2v) is 17.2. The standard InChI is InChI=1S/C40H68N12O12/c1-17(2)29-37(61)45-22(10-14-26(42)54)34(58)50-31(19(5)6)39(63)47-24(12-16-28(44)56)36(60)52-32(20(7)8)40(64)48-23(11-15-27(43)55)35(59)51-30(18(3)4)38(62)46-21(33(57)49-29)9-13-25(41)53/h17-24,29-32H,9-16H2,1-8H3,(H2,41,53)(H2,42,54)(H2,43,55)(H2,44,56)(H,45,61)(H,46,62)(H,47,63)(H,48,64)(H,49,57)(H,50,58)(H,51,59)(H,52,60). The highest BCUT2D eigenvalue weighted by molar-refractivity contribution is 5.99. The smallest absolute Gasteiger partial charge is 0.243 e. The summed E-state index contributed by atoms with van der Waals surface area (Å²) in [7, 11) is 0. The minimum absolute atomic E-state index is 0.358. The minimum atomic E-state index is -1.52. The van der Waals surface area contributed by atoms with E-state index in [1.54, 1.807) is 55.4 Å². The Kier molecular flexibility index (Phi) is 22.9. The third-order valence-electron chi connectivity index (χ3n) is 10.2. The third kappa shape index (κ3) is 18.9. The number of hydrogen-bond acceptors (Lipinski definition) is 12. The minimum Gasteiger partial charge on any atom is -0.370 e. The topological polar surface area (TPSA) is 405 Å². The van der Waals surface area contributed by atoms with Gasteiger partial charge >= 0.3 is 0 Å². The van der Waals surface area contributed by atoms with Crippen LogP contribution in [0.5, 0.6) is 0 Å². The van der Waals surface area contributed by atoms with Crippen LogP contribution in [0.1, 0.15) is 107 Å². The summed E-state index contributed by atoms with van der Waals surface area (Å²) in [6.07, 6.45) is -3.06. The van der Waals surface area contributed by atoms with Crippen molar-refractivity contribution in [3.8, 4) is 0 Å². The van der Waals surface area contributed by atoms with Gasteiger partial charge in [-0.3, -0.25) is 57.5 Å². The molecule has 0 spiro atoms. The molecule has 64 heavy (non-hydrogen) atoms. The fourth-order valence-corrected chi connectivity index (χ4v) is 6.42. The summed E-state index contributed by atoms with van der Waals surface area (Å²) in [4.78, 5) is 158. The summed E-state index contributed by atoms with van der Waals surface area (Å²) < 4.78 is 0. The lowest BCUT2D eigenvalue weighted by Crippen LogP contribution is -2.63. The molecular weight excluding hydrogens is 841 g/mol. The van der Waals surface area contributed by atoms with Crippen molar-refractivity contribution in [2.45, 2.75) is 155 Å². The van der Waals surface area contributed by atoms with Gasteiger partial charge in [0.2, 0.25) is 70.9 Å². The molecule has 0 saturated carbocycles. The Morgan fingerprint density at radius 2 is 0.484 bits per heavy atom. The van der Waals surface area contributed by atoms with E-state index in [2.05, 4.69) is 42.5 Å². The summed E-state index contributed by atoms with van der Waals surface area (Å²) in [6, 6.07) is -11.7. The molecule has 12 amide bonds. The Morgan fingerprint density at radius 1 is 0.328 bits per heavy atom. The van der Waals surface area contributed by atoms with Crippen LogP contribution in [0.15, 0.2) is 0 Å². The van der Waals surface area contributed by atoms with E-state index < -0.39 is 169 Å². The number of nitrogens with two attached hydrogens (primary N) is 4. The van der Waals surface area contributed by atoms with Crippen molar-refractivity contribution in [1.29, 1.82) is 0 Å². The lowest BCUT2D eigenvalue weighted by Gasteiger charge is -2.31. The van der Waals surface area contributed by atoms with Gasteiger partial charge in [-0.1, -0.05) is 55.4 Å². The molecular formula is C40H68N12O12. The van der Waals surface area contributed by atoms with E-state index in [0.29, 0.717) is 0 Å². The lowest BCUT2D eigenvalue weighted by molar-refractivity contribution is -0.138. The quantitative estimate of drug-likeness (QED) is 0.0698. The van der Waals surface area contributed by atoms with Crippen LogP contribution in [0, 0.1) is 23.7 Å². The molecule has 8 unspecified atom stereocenters. The number of amides is 12. The molecule has 1 saturated heterocycles. The number of primary amides is 4. The second kappa shape index (κ2) is 26.3. The van der Waals surface area contributed by atoms with Crippen LogP contribution >= 0.6 is 0 Å². The highest BCUT2D eigenvalue weighted by Crippen LogP contribution is 2.13. The van der Waals surface area contributed by atoms with E-state index in [1.807, 2.05) is 0 Å². The molecule has 1 fully saturated rings. The predicted molar refractivity (Wildman–Crippen MR) is 229 cm³/mol. The maximum absolute atomic E-state index is 13.9. The van der Waals surface area contributed by atoms with Crippen molar-refractivity contribution in [2.24, 2.45) is 46.6 Å². The number of hydrogen-bond donors (Lipinski definition) is 12. The molecule has 1 rings (SSSR count). The van der Waals surface area contributed by atoms with Crippen LogP contribution in [0.2, 0.25) is 0 Å². The van der Waals surface area contributed by atoms with Crippen LogP contribution in [-0.2, 0) is 57.5 Å². The van der Waals surface area contributed by atoms with Gasteiger partial charge in [0.1, 0.15) is 48.3 Å². The van der Waals surface area contributed by atoms with Gasteiger partial charge in [-0.15, -0.1) is 0 Å². The Hall–Kier alpha value is -6.36. The summed E-state index contributed by atoms with van der Waals surface area (Å²) in [6.45, 7) is 12.4. The first kappa shape index (κ1) is 55.7. The van der Waals surface area contributed by atoms with Gasteiger partial charge < -0.3 is 65.5 Å². The molecule has 0 aliphatic carbocycles. The molecule has 1 aliphatic rings. The van der Waals surface area contributed by atoms with Gasteiger partial charge in [-0.05, 0) is 49.4 Å². The monoisotopic (exact) mass is 909 g/mol. The Morgan fingerprint density at radius 3 is 0.609 bits per heavy atom. The molecule has 8 atom stereocenters. The summed E-state index contributed by atoms with van der Waals surface area (Å²) in [5, 5.41) is 20.1. The van der Waals surface area contributed by atoms with E-state index in [1.165, 1.54) is 0 Å². The van der Waals surface area contributed by atoms with Crippen molar-refractivity contribution in [2.75, 3.05) is 0 Å². The summed E-state index contributed by atoms with van der Waals surface area (Å²) in [5.74, 6) is -13.6. The Balaban J connectivity index is 4.03. The largest absolute Gasteiger partial charge is 0.370 e. The highest BCUT2D eigenvalue weighted by Gasteiger charge is 2.38. The fraction of sp³-hybridized carbons (Fsp3) is 0.700. The van der Waals surface area contributed by atoms with Crippen molar-refractivity contribution < 1.29 is 57.5 Å².